The quantitative estimate of drug-likeness (QED) is 0.177. The van der Waals surface area contributed by atoms with Crippen LogP contribution in [0.5, 0.6) is 0 Å². The lowest BCUT2D eigenvalue weighted by atomic mass is 10.0. The van der Waals surface area contributed by atoms with E-state index in [1.165, 1.54) is 35.2 Å². The van der Waals surface area contributed by atoms with Gasteiger partial charge in [0.15, 0.2) is 0 Å². The van der Waals surface area contributed by atoms with Crippen molar-refractivity contribution in [2.45, 2.75) is 80.6 Å². The van der Waals surface area contributed by atoms with Crippen LogP contribution < -0.4 is 10.6 Å². The van der Waals surface area contributed by atoms with E-state index in [0.717, 1.165) is 39.0 Å². The van der Waals surface area contributed by atoms with Gasteiger partial charge in [-0.25, -0.2) is 0 Å². The summed E-state index contributed by atoms with van der Waals surface area (Å²) in [6.07, 6.45) is 20.5. The molecule has 0 spiro atoms. The number of nitrogens with zero attached hydrogens (tertiary/aromatic N) is 3. The summed E-state index contributed by atoms with van der Waals surface area (Å²) in [6.45, 7) is 17.3. The second kappa shape index (κ2) is 31.0. The summed E-state index contributed by atoms with van der Waals surface area (Å²) in [7, 11) is 10.2. The Labute approximate surface area is 238 Å². The van der Waals surface area contributed by atoms with Crippen LogP contribution in [0.3, 0.4) is 0 Å². The molecule has 5 heteroatoms. The highest BCUT2D eigenvalue weighted by Crippen LogP contribution is 2.18. The van der Waals surface area contributed by atoms with E-state index in [4.69, 9.17) is 0 Å². The number of nitrogens with one attached hydrogen (secondary N) is 2. The van der Waals surface area contributed by atoms with Gasteiger partial charge in [0.05, 0.1) is 0 Å². The molecule has 1 aliphatic rings. The summed E-state index contributed by atoms with van der Waals surface area (Å²) in [6, 6.07) is 4.16. The van der Waals surface area contributed by atoms with Crippen LogP contribution in [0, 0.1) is 0 Å². The fraction of sp³-hybridized carbons (Fsp3) is 0.606. The Hall–Kier alpha value is -2.21. The van der Waals surface area contributed by atoms with E-state index in [-0.39, 0.29) is 0 Å². The Kier molecular flexibility index (Phi) is 32.9. The fourth-order valence-corrected chi connectivity index (χ4v) is 3.15. The van der Waals surface area contributed by atoms with E-state index >= 15 is 0 Å². The summed E-state index contributed by atoms with van der Waals surface area (Å²) in [5, 5.41) is 6.79. The van der Waals surface area contributed by atoms with Gasteiger partial charge < -0.3 is 20.4 Å². The van der Waals surface area contributed by atoms with E-state index in [1.807, 2.05) is 66.1 Å². The minimum absolute atomic E-state index is 0.860. The Balaban J connectivity index is -0.000000564. The van der Waals surface area contributed by atoms with Gasteiger partial charge in [0.2, 0.25) is 0 Å². The predicted molar refractivity (Wildman–Crippen MR) is 174 cm³/mol. The SMILES string of the molecule is CC.CC.CC/C=C\C=C(/C)CNCNCCCc1ccncc1.CC1=CCCC=C1N(C)C.CN(C)C. The first kappa shape index (κ1) is 40.3. The molecule has 2 N–H and O–H groups in total. The van der Waals surface area contributed by atoms with Gasteiger partial charge in [-0.2, -0.15) is 0 Å². The van der Waals surface area contributed by atoms with Crippen molar-refractivity contribution in [1.29, 1.82) is 0 Å². The molecule has 0 fully saturated rings. The maximum absolute atomic E-state index is 4.02. The first-order valence-electron chi connectivity index (χ1n) is 14.6. The molecule has 0 amide bonds. The van der Waals surface area contributed by atoms with Crippen molar-refractivity contribution in [3.05, 3.63) is 77.3 Å². The predicted octanol–water partition coefficient (Wildman–Crippen LogP) is 7.47. The molecule has 2 rings (SSSR count). The smallest absolute Gasteiger partial charge is 0.0456 e. The molecule has 0 bridgehead atoms. The summed E-state index contributed by atoms with van der Waals surface area (Å²) < 4.78 is 0. The molecule has 0 aliphatic heterocycles. The topological polar surface area (TPSA) is 43.4 Å². The van der Waals surface area contributed by atoms with E-state index in [1.54, 1.807) is 0 Å². The van der Waals surface area contributed by atoms with Crippen LogP contribution in [0.2, 0.25) is 0 Å². The monoisotopic (exact) mass is 530 g/mol. The summed E-state index contributed by atoms with van der Waals surface area (Å²) >= 11 is 0. The van der Waals surface area contributed by atoms with Gasteiger partial charge in [-0.15, -0.1) is 0 Å². The van der Waals surface area contributed by atoms with Crippen molar-refractivity contribution in [2.75, 3.05) is 55.0 Å². The normalized spacial score (nSPS) is 12.4. The summed E-state index contributed by atoms with van der Waals surface area (Å²) in [5.74, 6) is 0. The Morgan fingerprint density at radius 3 is 2.03 bits per heavy atom. The lowest BCUT2D eigenvalue weighted by Gasteiger charge is -2.20. The third kappa shape index (κ3) is 28.4. The zero-order valence-electron chi connectivity index (χ0n) is 27.2. The van der Waals surface area contributed by atoms with Gasteiger partial charge in [0.25, 0.3) is 0 Å². The van der Waals surface area contributed by atoms with E-state index in [9.17, 15) is 0 Å². The molecule has 38 heavy (non-hydrogen) atoms. The fourth-order valence-electron chi connectivity index (χ4n) is 3.15. The molecular weight excluding hydrogens is 466 g/mol. The number of hydrogen-bond donors (Lipinski definition) is 2. The van der Waals surface area contributed by atoms with Crippen LogP contribution >= 0.6 is 0 Å². The molecule has 0 saturated carbocycles. The minimum atomic E-state index is 0.860. The highest BCUT2D eigenvalue weighted by Gasteiger charge is 2.04. The zero-order valence-corrected chi connectivity index (χ0v) is 27.2. The molecule has 220 valence electrons. The lowest BCUT2D eigenvalue weighted by Crippen LogP contribution is -2.30. The van der Waals surface area contributed by atoms with Crippen LogP contribution in [-0.4, -0.2) is 69.8 Å². The van der Waals surface area contributed by atoms with Crippen molar-refractivity contribution in [3.8, 4) is 0 Å². The largest absolute Gasteiger partial charge is 0.378 e. The highest BCUT2D eigenvalue weighted by atomic mass is 15.1. The van der Waals surface area contributed by atoms with Gasteiger partial charge in [0.1, 0.15) is 0 Å². The first-order chi connectivity index (χ1) is 18.3. The minimum Gasteiger partial charge on any atom is -0.378 e. The summed E-state index contributed by atoms with van der Waals surface area (Å²) in [5.41, 5.74) is 5.51. The molecule has 1 aromatic rings. The van der Waals surface area contributed by atoms with Crippen LogP contribution in [-0.2, 0) is 6.42 Å². The van der Waals surface area contributed by atoms with E-state index in [2.05, 4.69) is 97.9 Å². The third-order valence-electron chi connectivity index (χ3n) is 4.82. The number of aromatic nitrogens is 1. The molecule has 1 heterocycles. The molecule has 0 aromatic carbocycles. The lowest BCUT2D eigenvalue weighted by molar-refractivity contribution is 0.505. The molecule has 0 saturated heterocycles. The zero-order chi connectivity index (χ0) is 29.6. The van der Waals surface area contributed by atoms with Gasteiger partial charge in [-0.3, -0.25) is 4.98 Å². The molecule has 0 radical (unpaired) electrons. The van der Waals surface area contributed by atoms with Crippen molar-refractivity contribution in [2.24, 2.45) is 0 Å². The van der Waals surface area contributed by atoms with E-state index < -0.39 is 0 Å². The van der Waals surface area contributed by atoms with Crippen molar-refractivity contribution >= 4 is 0 Å². The summed E-state index contributed by atoms with van der Waals surface area (Å²) in [4.78, 5) is 8.19. The second-order valence-corrected chi connectivity index (χ2v) is 9.20. The standard InChI is InChI=1S/C17H27N3.C9H15N.C3H9N.2C2H6/c1-3-4-5-7-16(2)14-20-15-19-11-6-8-17-9-12-18-13-10-17;1-8-6-4-5-7-9(8)10(2)3;1-4(2)3;2*1-2/h4-5,7,9-10,12-13,19-20H,3,6,8,11,14-15H2,1-2H3;6-7H,4-5H2,1-3H3;1-3H3;2*1-2H3/b5-4-,16-7+;;;;. The van der Waals surface area contributed by atoms with Crippen LogP contribution in [0.15, 0.2) is 71.7 Å². The maximum atomic E-state index is 4.02. The number of likely N-dealkylation sites (N-methyl/N-ethyl adjacent to an activating group) is 1. The van der Waals surface area contributed by atoms with Crippen LogP contribution in [0.1, 0.15) is 79.7 Å². The number of rotatable bonds is 11. The van der Waals surface area contributed by atoms with Crippen molar-refractivity contribution in [1.82, 2.24) is 25.4 Å². The van der Waals surface area contributed by atoms with Crippen molar-refractivity contribution < 1.29 is 0 Å². The average molecular weight is 530 g/mol. The van der Waals surface area contributed by atoms with Crippen LogP contribution in [0.25, 0.3) is 0 Å². The number of aryl methyl sites for hydroxylation is 1. The molecule has 0 atom stereocenters. The number of allylic oxidation sites excluding steroid dienone is 6. The first-order valence-corrected chi connectivity index (χ1v) is 14.6. The molecular formula is C33H63N5. The molecule has 1 aromatic heterocycles. The molecule has 1 aliphatic carbocycles. The third-order valence-corrected chi connectivity index (χ3v) is 4.82. The van der Waals surface area contributed by atoms with Gasteiger partial charge in [-0.1, -0.05) is 70.6 Å². The number of hydrogen-bond acceptors (Lipinski definition) is 5. The maximum Gasteiger partial charge on any atom is 0.0456 e. The average Bonchev–Trinajstić information content (AvgIpc) is 2.91. The van der Waals surface area contributed by atoms with Gasteiger partial charge in [-0.05, 0) is 96.9 Å². The van der Waals surface area contributed by atoms with Gasteiger partial charge in [0, 0.05) is 45.4 Å². The Morgan fingerprint density at radius 1 is 0.947 bits per heavy atom. The molecule has 5 nitrogen and oxygen atoms in total. The van der Waals surface area contributed by atoms with Crippen LogP contribution in [0.4, 0.5) is 0 Å². The second-order valence-electron chi connectivity index (χ2n) is 9.20. The Bertz CT molecular complexity index is 728. The van der Waals surface area contributed by atoms with Crippen molar-refractivity contribution in [3.63, 3.8) is 0 Å². The van der Waals surface area contributed by atoms with Gasteiger partial charge >= 0.3 is 0 Å². The Morgan fingerprint density at radius 2 is 1.53 bits per heavy atom. The highest BCUT2D eigenvalue weighted by molar-refractivity contribution is 5.30. The molecule has 0 unspecified atom stereocenters. The number of pyridine rings is 1. The van der Waals surface area contributed by atoms with E-state index in [0.29, 0.717) is 0 Å².